The number of hydrogen-bond donors (Lipinski definition) is 1. The first-order valence-electron chi connectivity index (χ1n) is 6.96. The Balaban J connectivity index is 1.81. The van der Waals surface area contributed by atoms with E-state index in [1.807, 2.05) is 4.57 Å². The Morgan fingerprint density at radius 1 is 1.30 bits per heavy atom. The molecule has 3 heterocycles. The third kappa shape index (κ3) is 2.34. The molecule has 0 spiro atoms. The van der Waals surface area contributed by atoms with Crippen LogP contribution >= 0.6 is 0 Å². The maximum atomic E-state index is 12.8. The summed E-state index contributed by atoms with van der Waals surface area (Å²) >= 11 is 0. The summed E-state index contributed by atoms with van der Waals surface area (Å²) in [6.07, 6.45) is 4.44. The second kappa shape index (κ2) is 5.40. The lowest BCUT2D eigenvalue weighted by atomic mass is 10.1. The molecule has 1 saturated heterocycles. The molecule has 3 rings (SSSR count). The molecule has 1 aromatic rings. The van der Waals surface area contributed by atoms with E-state index in [0.29, 0.717) is 32.0 Å². The largest absolute Gasteiger partial charge is 0.329 e. The average Bonchev–Trinajstić information content (AvgIpc) is 2.94. The van der Waals surface area contributed by atoms with E-state index in [-0.39, 0.29) is 12.6 Å². The second-order valence-corrected chi connectivity index (χ2v) is 7.16. The molecule has 0 saturated carbocycles. The first-order valence-corrected chi connectivity index (χ1v) is 8.36. The van der Waals surface area contributed by atoms with Crippen LogP contribution in [0.3, 0.4) is 0 Å². The van der Waals surface area contributed by atoms with Crippen molar-refractivity contribution in [1.29, 1.82) is 0 Å². The minimum atomic E-state index is -3.46. The maximum Gasteiger partial charge on any atom is 0.282 e. The van der Waals surface area contributed by atoms with Gasteiger partial charge in [0.25, 0.3) is 10.2 Å². The van der Waals surface area contributed by atoms with Crippen LogP contribution in [0.15, 0.2) is 6.33 Å². The van der Waals surface area contributed by atoms with Gasteiger partial charge in [-0.25, -0.2) is 0 Å². The molecular formula is C11H20N6O2S. The van der Waals surface area contributed by atoms with Crippen molar-refractivity contribution in [3.8, 4) is 0 Å². The summed E-state index contributed by atoms with van der Waals surface area (Å²) < 4.78 is 30.5. The molecule has 2 aliphatic rings. The fourth-order valence-corrected chi connectivity index (χ4v) is 4.72. The van der Waals surface area contributed by atoms with E-state index in [2.05, 4.69) is 10.2 Å². The highest BCUT2D eigenvalue weighted by Crippen LogP contribution is 2.24. The van der Waals surface area contributed by atoms with Crippen LogP contribution in [0.2, 0.25) is 0 Å². The molecule has 1 aromatic heterocycles. The van der Waals surface area contributed by atoms with E-state index in [1.54, 1.807) is 10.6 Å². The molecule has 20 heavy (non-hydrogen) atoms. The molecule has 0 radical (unpaired) electrons. The molecule has 2 aliphatic heterocycles. The van der Waals surface area contributed by atoms with Gasteiger partial charge in [0.1, 0.15) is 12.2 Å². The van der Waals surface area contributed by atoms with Gasteiger partial charge in [0.15, 0.2) is 0 Å². The second-order valence-electron chi connectivity index (χ2n) is 5.28. The SMILES string of the molecule is NCC1CCCCN1S(=O)(=O)N1CCn2cnnc2C1. The van der Waals surface area contributed by atoms with Gasteiger partial charge in [0, 0.05) is 32.2 Å². The molecule has 0 aliphatic carbocycles. The zero-order valence-corrected chi connectivity index (χ0v) is 12.2. The number of hydrogen-bond acceptors (Lipinski definition) is 5. The predicted molar refractivity (Wildman–Crippen MR) is 72.8 cm³/mol. The minimum absolute atomic E-state index is 0.0754. The zero-order chi connectivity index (χ0) is 14.2. The first kappa shape index (κ1) is 13.9. The summed E-state index contributed by atoms with van der Waals surface area (Å²) in [5.41, 5.74) is 5.73. The maximum absolute atomic E-state index is 12.8. The number of fused-ring (bicyclic) bond motifs is 1. The van der Waals surface area contributed by atoms with E-state index in [9.17, 15) is 8.42 Å². The van der Waals surface area contributed by atoms with Crippen LogP contribution < -0.4 is 5.73 Å². The summed E-state index contributed by atoms with van der Waals surface area (Å²) in [6.45, 7) is 2.29. The lowest BCUT2D eigenvalue weighted by molar-refractivity contribution is 0.224. The Labute approximate surface area is 118 Å². The standard InChI is InChI=1S/C11H20N6O2S/c12-7-10-3-1-2-4-17(10)20(18,19)16-6-5-15-9-13-14-11(15)8-16/h9-10H,1-8,12H2. The number of rotatable bonds is 3. The first-order chi connectivity index (χ1) is 9.63. The van der Waals surface area contributed by atoms with Crippen molar-refractivity contribution in [2.24, 2.45) is 5.73 Å². The van der Waals surface area contributed by atoms with Crippen LogP contribution in [0.25, 0.3) is 0 Å². The fraction of sp³-hybridized carbons (Fsp3) is 0.818. The summed E-state index contributed by atoms with van der Waals surface area (Å²) in [6, 6.07) is -0.0754. The third-order valence-corrected chi connectivity index (χ3v) is 6.11. The van der Waals surface area contributed by atoms with Crippen molar-refractivity contribution in [3.63, 3.8) is 0 Å². The van der Waals surface area contributed by atoms with Crippen molar-refractivity contribution < 1.29 is 8.42 Å². The molecule has 0 aromatic carbocycles. The van der Waals surface area contributed by atoms with Gasteiger partial charge in [-0.05, 0) is 12.8 Å². The average molecular weight is 300 g/mol. The van der Waals surface area contributed by atoms with Gasteiger partial charge >= 0.3 is 0 Å². The summed E-state index contributed by atoms with van der Waals surface area (Å²) in [5, 5.41) is 7.79. The highest BCUT2D eigenvalue weighted by molar-refractivity contribution is 7.86. The van der Waals surface area contributed by atoms with E-state index in [4.69, 9.17) is 5.73 Å². The third-order valence-electron chi connectivity index (χ3n) is 4.07. The van der Waals surface area contributed by atoms with Gasteiger partial charge in [0.05, 0.1) is 6.54 Å². The highest BCUT2D eigenvalue weighted by atomic mass is 32.2. The number of piperidine rings is 1. The van der Waals surface area contributed by atoms with E-state index in [0.717, 1.165) is 19.3 Å². The Kier molecular flexibility index (Phi) is 3.76. The van der Waals surface area contributed by atoms with Gasteiger partial charge in [-0.3, -0.25) is 0 Å². The summed E-state index contributed by atoms with van der Waals surface area (Å²) in [7, 11) is -3.46. The zero-order valence-electron chi connectivity index (χ0n) is 11.3. The van der Waals surface area contributed by atoms with E-state index < -0.39 is 10.2 Å². The summed E-state index contributed by atoms with van der Waals surface area (Å²) in [5.74, 6) is 0.695. The van der Waals surface area contributed by atoms with Crippen molar-refractivity contribution in [1.82, 2.24) is 23.4 Å². The van der Waals surface area contributed by atoms with E-state index >= 15 is 0 Å². The van der Waals surface area contributed by atoms with Crippen molar-refractivity contribution in [3.05, 3.63) is 12.2 Å². The van der Waals surface area contributed by atoms with E-state index in [1.165, 1.54) is 4.31 Å². The van der Waals surface area contributed by atoms with Crippen molar-refractivity contribution >= 4 is 10.2 Å². The van der Waals surface area contributed by atoms with Gasteiger partial charge in [-0.1, -0.05) is 6.42 Å². The monoisotopic (exact) mass is 300 g/mol. The van der Waals surface area contributed by atoms with Gasteiger partial charge in [-0.2, -0.15) is 17.0 Å². The Morgan fingerprint density at radius 3 is 2.95 bits per heavy atom. The van der Waals surface area contributed by atoms with Crippen LogP contribution in [0, 0.1) is 0 Å². The molecule has 9 heteroatoms. The molecule has 112 valence electrons. The van der Waals surface area contributed by atoms with Crippen LogP contribution in [-0.4, -0.2) is 57.5 Å². The molecule has 0 amide bonds. The lowest BCUT2D eigenvalue weighted by Gasteiger charge is -2.38. The van der Waals surface area contributed by atoms with Gasteiger partial charge in [-0.15, -0.1) is 10.2 Å². The van der Waals surface area contributed by atoms with Crippen LogP contribution in [0.4, 0.5) is 0 Å². The Morgan fingerprint density at radius 2 is 2.15 bits per heavy atom. The smallest absolute Gasteiger partial charge is 0.282 e. The van der Waals surface area contributed by atoms with Gasteiger partial charge in [0.2, 0.25) is 0 Å². The number of nitrogens with two attached hydrogens (primary N) is 1. The quantitative estimate of drug-likeness (QED) is 0.784. The molecule has 8 nitrogen and oxygen atoms in total. The van der Waals surface area contributed by atoms with Gasteiger partial charge < -0.3 is 10.3 Å². The van der Waals surface area contributed by atoms with Crippen molar-refractivity contribution in [2.45, 2.75) is 38.4 Å². The molecule has 1 unspecified atom stereocenters. The molecule has 0 bridgehead atoms. The van der Waals surface area contributed by atoms with Crippen LogP contribution in [0.1, 0.15) is 25.1 Å². The number of nitrogens with zero attached hydrogens (tertiary/aromatic N) is 5. The fourth-order valence-electron chi connectivity index (χ4n) is 2.90. The molecule has 2 N–H and O–H groups in total. The molecular weight excluding hydrogens is 280 g/mol. The minimum Gasteiger partial charge on any atom is -0.329 e. The summed E-state index contributed by atoms with van der Waals surface area (Å²) in [4.78, 5) is 0. The molecule has 1 fully saturated rings. The topological polar surface area (TPSA) is 97.3 Å². The Hall–Kier alpha value is -1.03. The van der Waals surface area contributed by atoms with Crippen LogP contribution in [-0.2, 0) is 23.3 Å². The van der Waals surface area contributed by atoms with Crippen molar-refractivity contribution in [2.75, 3.05) is 19.6 Å². The van der Waals surface area contributed by atoms with Crippen LogP contribution in [0.5, 0.6) is 0 Å². The normalized spacial score (nSPS) is 25.6. The highest BCUT2D eigenvalue weighted by Gasteiger charge is 2.37. The molecule has 1 atom stereocenters. The lowest BCUT2D eigenvalue weighted by Crippen LogP contribution is -2.54. The number of aromatic nitrogens is 3. The Bertz CT molecular complexity index is 571. The predicted octanol–water partition coefficient (Wildman–Crippen LogP) is -0.848.